The van der Waals surface area contributed by atoms with Gasteiger partial charge in [0.1, 0.15) is 0 Å². The Bertz CT molecular complexity index is 245. The van der Waals surface area contributed by atoms with Crippen molar-refractivity contribution in [3.8, 4) is 5.75 Å². The predicted octanol–water partition coefficient (Wildman–Crippen LogP) is 3.11. The zero-order chi connectivity index (χ0) is 8.10. The van der Waals surface area contributed by atoms with Gasteiger partial charge in [-0.1, -0.05) is 18.2 Å². The highest BCUT2D eigenvalue weighted by atomic mass is 32.2. The molecule has 0 aliphatic rings. The Hall–Kier alpha value is -0.890. The number of rotatable bonds is 3. The van der Waals surface area contributed by atoms with E-state index in [4.69, 9.17) is 0 Å². The van der Waals surface area contributed by atoms with Crippen LogP contribution in [0.25, 0.3) is 0 Å². The molecular weight excluding hydrogens is 156 g/mol. The average molecular weight is 165 g/mol. The molecule has 11 heavy (non-hydrogen) atoms. The number of hydrogen-bond donors (Lipinski definition) is 0. The molecule has 1 radical (unpaired) electrons. The zero-order valence-electron chi connectivity index (χ0n) is 6.12. The van der Waals surface area contributed by atoms with Gasteiger partial charge in [0, 0.05) is 5.75 Å². The molecule has 0 fully saturated rings. The van der Waals surface area contributed by atoms with Crippen LogP contribution in [0.2, 0.25) is 0 Å². The first kappa shape index (κ1) is 8.21. The average Bonchev–Trinajstić information content (AvgIpc) is 2.03. The maximum atomic E-state index is 11.1. The fourth-order valence-corrected chi connectivity index (χ4v) is 1.40. The van der Waals surface area contributed by atoms with Crippen molar-refractivity contribution in [1.29, 1.82) is 0 Å². The van der Waals surface area contributed by atoms with Crippen molar-refractivity contribution in [3.05, 3.63) is 36.9 Å². The van der Waals surface area contributed by atoms with Gasteiger partial charge in [0.15, 0.2) is 5.75 Å². The highest BCUT2D eigenvalue weighted by Gasteiger charge is 1.98. The van der Waals surface area contributed by atoms with Gasteiger partial charge in [-0.3, -0.25) is 5.11 Å². The summed E-state index contributed by atoms with van der Waals surface area (Å²) in [6, 6.07) is 7.02. The molecule has 0 saturated heterocycles. The Morgan fingerprint density at radius 2 is 2.18 bits per heavy atom. The zero-order valence-corrected chi connectivity index (χ0v) is 6.93. The summed E-state index contributed by atoms with van der Waals surface area (Å²) in [4.78, 5) is 0.799. The third kappa shape index (κ3) is 2.31. The van der Waals surface area contributed by atoms with Crippen LogP contribution >= 0.6 is 11.8 Å². The lowest BCUT2D eigenvalue weighted by atomic mass is 10.3. The molecule has 0 bridgehead atoms. The molecule has 2 heteroatoms. The van der Waals surface area contributed by atoms with E-state index in [1.165, 1.54) is 11.8 Å². The van der Waals surface area contributed by atoms with Crippen molar-refractivity contribution >= 4 is 11.8 Å². The van der Waals surface area contributed by atoms with Gasteiger partial charge in [0.2, 0.25) is 0 Å². The molecule has 0 saturated carbocycles. The van der Waals surface area contributed by atoms with Crippen LogP contribution in [-0.2, 0) is 5.11 Å². The van der Waals surface area contributed by atoms with Crippen molar-refractivity contribution in [2.24, 2.45) is 0 Å². The number of benzene rings is 1. The second-order valence-corrected chi connectivity index (χ2v) is 3.11. The lowest BCUT2D eigenvalue weighted by molar-refractivity contribution is 0.344. The van der Waals surface area contributed by atoms with Crippen LogP contribution in [0.1, 0.15) is 0 Å². The quantitative estimate of drug-likeness (QED) is 0.497. The Morgan fingerprint density at radius 1 is 1.45 bits per heavy atom. The maximum Gasteiger partial charge on any atom is 0.192 e. The van der Waals surface area contributed by atoms with E-state index >= 15 is 0 Å². The molecule has 0 spiro atoms. The van der Waals surface area contributed by atoms with Gasteiger partial charge in [0.05, 0.1) is 4.90 Å². The van der Waals surface area contributed by atoms with E-state index in [0.717, 1.165) is 10.6 Å². The minimum Gasteiger partial charge on any atom is -0.289 e. The molecular formula is C9H9OS. The van der Waals surface area contributed by atoms with Crippen molar-refractivity contribution in [2.75, 3.05) is 5.75 Å². The van der Waals surface area contributed by atoms with Crippen LogP contribution in [0.15, 0.2) is 41.8 Å². The summed E-state index contributed by atoms with van der Waals surface area (Å²) in [6.45, 7) is 3.58. The lowest BCUT2D eigenvalue weighted by Crippen LogP contribution is -1.72. The molecule has 0 aliphatic heterocycles. The van der Waals surface area contributed by atoms with Crippen molar-refractivity contribution in [3.63, 3.8) is 0 Å². The standard InChI is InChI=1S/C9H9OS/c1-2-7-11-9-6-4-3-5-8(9)10/h2-6H,1,7H2. The maximum absolute atomic E-state index is 11.1. The molecule has 0 aromatic heterocycles. The molecule has 57 valence electrons. The van der Waals surface area contributed by atoms with Crippen LogP contribution in [0.4, 0.5) is 0 Å². The van der Waals surface area contributed by atoms with Crippen LogP contribution in [0.5, 0.6) is 5.75 Å². The molecule has 0 amide bonds. The van der Waals surface area contributed by atoms with E-state index in [9.17, 15) is 5.11 Å². The minimum absolute atomic E-state index is 0.0966. The molecule has 0 unspecified atom stereocenters. The van der Waals surface area contributed by atoms with Crippen molar-refractivity contribution < 1.29 is 5.11 Å². The fourth-order valence-electron chi connectivity index (χ4n) is 0.718. The molecule has 0 heterocycles. The van der Waals surface area contributed by atoms with E-state index in [1.54, 1.807) is 18.2 Å². The van der Waals surface area contributed by atoms with Gasteiger partial charge in [-0.15, -0.1) is 18.3 Å². The molecule has 1 rings (SSSR count). The summed E-state index contributed by atoms with van der Waals surface area (Å²) in [5.74, 6) is 0.888. The molecule has 1 aromatic carbocycles. The van der Waals surface area contributed by atoms with Crippen LogP contribution in [-0.4, -0.2) is 5.75 Å². The van der Waals surface area contributed by atoms with Gasteiger partial charge in [-0.05, 0) is 12.1 Å². The van der Waals surface area contributed by atoms with Crippen molar-refractivity contribution in [2.45, 2.75) is 4.90 Å². The SMILES string of the molecule is C=CCSc1ccccc1[O]. The van der Waals surface area contributed by atoms with Gasteiger partial charge < -0.3 is 0 Å². The Balaban J connectivity index is 2.69. The van der Waals surface area contributed by atoms with Gasteiger partial charge in [-0.2, -0.15) is 0 Å². The van der Waals surface area contributed by atoms with Crippen LogP contribution in [0.3, 0.4) is 0 Å². The summed E-state index contributed by atoms with van der Waals surface area (Å²) in [5, 5.41) is 11.1. The second-order valence-electron chi connectivity index (χ2n) is 2.05. The first-order chi connectivity index (χ1) is 5.34. The third-order valence-corrected chi connectivity index (χ3v) is 2.26. The fraction of sp³-hybridized carbons (Fsp3) is 0.111. The Morgan fingerprint density at radius 3 is 2.82 bits per heavy atom. The summed E-state index contributed by atoms with van der Waals surface area (Å²) < 4.78 is 0. The van der Waals surface area contributed by atoms with E-state index in [0.29, 0.717) is 0 Å². The number of hydrogen-bond acceptors (Lipinski definition) is 1. The van der Waals surface area contributed by atoms with Crippen LogP contribution < -0.4 is 0 Å². The van der Waals surface area contributed by atoms with E-state index in [1.807, 2.05) is 12.1 Å². The van der Waals surface area contributed by atoms with E-state index in [-0.39, 0.29) is 5.75 Å². The monoisotopic (exact) mass is 165 g/mol. The number of thioether (sulfide) groups is 1. The van der Waals surface area contributed by atoms with Gasteiger partial charge >= 0.3 is 0 Å². The highest BCUT2D eigenvalue weighted by Crippen LogP contribution is 2.27. The largest absolute Gasteiger partial charge is 0.289 e. The summed E-state index contributed by atoms with van der Waals surface area (Å²) in [6.07, 6.45) is 1.79. The summed E-state index contributed by atoms with van der Waals surface area (Å²) >= 11 is 1.52. The first-order valence-corrected chi connectivity index (χ1v) is 4.33. The Kier molecular flexibility index (Phi) is 3.05. The van der Waals surface area contributed by atoms with E-state index < -0.39 is 0 Å². The third-order valence-electron chi connectivity index (χ3n) is 1.21. The van der Waals surface area contributed by atoms with Gasteiger partial charge in [-0.25, -0.2) is 0 Å². The second kappa shape index (κ2) is 4.09. The van der Waals surface area contributed by atoms with Gasteiger partial charge in [0.25, 0.3) is 0 Å². The Labute approximate surface area is 70.8 Å². The molecule has 0 aliphatic carbocycles. The first-order valence-electron chi connectivity index (χ1n) is 3.34. The number of para-hydroxylation sites is 1. The highest BCUT2D eigenvalue weighted by molar-refractivity contribution is 7.99. The van der Waals surface area contributed by atoms with Crippen LogP contribution in [0, 0.1) is 0 Å². The normalized spacial score (nSPS) is 9.45. The molecule has 0 atom stereocenters. The summed E-state index contributed by atoms with van der Waals surface area (Å²) in [5.41, 5.74) is 0. The minimum atomic E-state index is 0.0966. The molecule has 1 aromatic rings. The van der Waals surface area contributed by atoms with E-state index in [2.05, 4.69) is 6.58 Å². The topological polar surface area (TPSA) is 19.9 Å². The molecule has 1 nitrogen and oxygen atoms in total. The summed E-state index contributed by atoms with van der Waals surface area (Å²) in [7, 11) is 0. The molecule has 0 N–H and O–H groups in total. The van der Waals surface area contributed by atoms with Crippen molar-refractivity contribution in [1.82, 2.24) is 0 Å². The smallest absolute Gasteiger partial charge is 0.192 e. The lowest BCUT2D eigenvalue weighted by Gasteiger charge is -1.97. The predicted molar refractivity (Wildman–Crippen MR) is 47.5 cm³/mol.